The Morgan fingerprint density at radius 1 is 1.09 bits per heavy atom. The largest absolute Gasteiger partial charge is 0.341 e. The number of carbonyl (C=O) groups is 2. The molecule has 0 bridgehead atoms. The third-order valence-electron chi connectivity index (χ3n) is 5.89. The molecule has 0 unspecified atom stereocenters. The zero-order valence-electron chi connectivity index (χ0n) is 19.3. The predicted molar refractivity (Wildman–Crippen MR) is 131 cm³/mol. The molecule has 2 aromatic carbocycles. The highest BCUT2D eigenvalue weighted by atomic mass is 35.5. The summed E-state index contributed by atoms with van der Waals surface area (Å²) in [7, 11) is -3.72. The minimum absolute atomic E-state index is 0.0486. The van der Waals surface area contributed by atoms with Crippen molar-refractivity contribution >= 4 is 39.1 Å². The van der Waals surface area contributed by atoms with Gasteiger partial charge in [-0.15, -0.1) is 0 Å². The van der Waals surface area contributed by atoms with Gasteiger partial charge in [0, 0.05) is 23.7 Å². The molecule has 1 saturated heterocycles. The molecule has 2 amide bonds. The van der Waals surface area contributed by atoms with Gasteiger partial charge in [0.2, 0.25) is 15.9 Å². The van der Waals surface area contributed by atoms with E-state index in [1.54, 1.807) is 4.90 Å². The molecule has 0 saturated carbocycles. The van der Waals surface area contributed by atoms with E-state index in [0.717, 1.165) is 31.2 Å². The fourth-order valence-electron chi connectivity index (χ4n) is 4.05. The quantitative estimate of drug-likeness (QED) is 0.589. The summed E-state index contributed by atoms with van der Waals surface area (Å²) < 4.78 is 38.9. The second-order valence-corrected chi connectivity index (χ2v) is 11.1. The Labute approximate surface area is 204 Å². The van der Waals surface area contributed by atoms with Crippen LogP contribution in [0.1, 0.15) is 48.5 Å². The zero-order chi connectivity index (χ0) is 25.0. The smallest absolute Gasteiger partial charge is 0.252 e. The number of benzene rings is 2. The van der Waals surface area contributed by atoms with Gasteiger partial charge < -0.3 is 10.2 Å². The highest BCUT2D eigenvalue weighted by Crippen LogP contribution is 2.29. The highest BCUT2D eigenvalue weighted by Gasteiger charge is 2.32. The summed E-state index contributed by atoms with van der Waals surface area (Å²) in [5.74, 6) is -1.40. The van der Waals surface area contributed by atoms with Gasteiger partial charge in [-0.1, -0.05) is 37.6 Å². The summed E-state index contributed by atoms with van der Waals surface area (Å²) in [5.41, 5.74) is 0.916. The van der Waals surface area contributed by atoms with Crippen molar-refractivity contribution in [3.8, 4) is 0 Å². The van der Waals surface area contributed by atoms with Crippen LogP contribution in [0.5, 0.6) is 0 Å². The Morgan fingerprint density at radius 2 is 1.71 bits per heavy atom. The van der Waals surface area contributed by atoms with E-state index in [9.17, 15) is 22.4 Å². The Hall–Kier alpha value is -2.65. The number of hydrogen-bond acceptors (Lipinski definition) is 4. The summed E-state index contributed by atoms with van der Waals surface area (Å²) in [6, 6.07) is 10.4. The van der Waals surface area contributed by atoms with E-state index < -0.39 is 27.8 Å². The molecule has 0 aromatic heterocycles. The van der Waals surface area contributed by atoms with Gasteiger partial charge in [-0.3, -0.25) is 14.3 Å². The summed E-state index contributed by atoms with van der Waals surface area (Å²) in [6.45, 7) is 4.82. The first-order valence-electron chi connectivity index (χ1n) is 11.1. The average molecular weight is 510 g/mol. The van der Waals surface area contributed by atoms with Gasteiger partial charge in [0.1, 0.15) is 11.9 Å². The molecule has 2 N–H and O–H groups in total. The standard InChI is InChI=1S/C24H29ClFN3O4S/c1-15(2)22(27-23(30)18-6-9-20(26)21(14-18)28-34(3,32)33)24(31)29-12-10-17(11-13-29)16-4-7-19(25)8-5-16/h4-9,14-15,17,22,28H,10-13H2,1-3H3,(H,27,30)/t22-/m1/s1. The van der Waals surface area contributed by atoms with E-state index in [2.05, 4.69) is 10.0 Å². The van der Waals surface area contributed by atoms with Crippen LogP contribution in [0.3, 0.4) is 0 Å². The number of piperidine rings is 1. The summed E-state index contributed by atoms with van der Waals surface area (Å²) in [5, 5.41) is 3.43. The first-order valence-corrected chi connectivity index (χ1v) is 13.3. The van der Waals surface area contributed by atoms with E-state index in [1.165, 1.54) is 11.6 Å². The average Bonchev–Trinajstić information content (AvgIpc) is 2.78. The Morgan fingerprint density at radius 3 is 2.26 bits per heavy atom. The van der Waals surface area contributed by atoms with Crippen LogP contribution < -0.4 is 10.0 Å². The van der Waals surface area contributed by atoms with Crippen molar-refractivity contribution < 1.29 is 22.4 Å². The SMILES string of the molecule is CC(C)[C@@H](NC(=O)c1ccc(F)c(NS(C)(=O)=O)c1)C(=O)N1CCC(c2ccc(Cl)cc2)CC1. The van der Waals surface area contributed by atoms with Crippen LogP contribution in [0.2, 0.25) is 5.02 Å². The van der Waals surface area contributed by atoms with Gasteiger partial charge >= 0.3 is 0 Å². The molecule has 1 atom stereocenters. The van der Waals surface area contributed by atoms with E-state index in [1.807, 2.05) is 38.1 Å². The maximum absolute atomic E-state index is 14.0. The molecular weight excluding hydrogens is 481 g/mol. The van der Waals surface area contributed by atoms with Crippen molar-refractivity contribution in [1.29, 1.82) is 0 Å². The topological polar surface area (TPSA) is 95.6 Å². The van der Waals surface area contributed by atoms with Crippen molar-refractivity contribution in [2.45, 2.75) is 38.6 Å². The van der Waals surface area contributed by atoms with Crippen molar-refractivity contribution in [2.24, 2.45) is 5.92 Å². The molecule has 1 aliphatic heterocycles. The van der Waals surface area contributed by atoms with Gasteiger partial charge in [0.15, 0.2) is 0 Å². The van der Waals surface area contributed by atoms with Gasteiger partial charge in [0.25, 0.3) is 5.91 Å². The first-order chi connectivity index (χ1) is 15.9. The molecular formula is C24H29ClFN3O4S. The normalized spacial score (nSPS) is 15.8. The molecule has 0 spiro atoms. The molecule has 1 fully saturated rings. The number of carbonyl (C=O) groups excluding carboxylic acids is 2. The van der Waals surface area contributed by atoms with Crippen LogP contribution in [0.4, 0.5) is 10.1 Å². The van der Waals surface area contributed by atoms with Gasteiger partial charge in [0.05, 0.1) is 11.9 Å². The first kappa shape index (κ1) is 26.0. The number of halogens is 2. The number of likely N-dealkylation sites (tertiary alicyclic amines) is 1. The lowest BCUT2D eigenvalue weighted by Gasteiger charge is -2.35. The number of anilines is 1. The summed E-state index contributed by atoms with van der Waals surface area (Å²) in [6.07, 6.45) is 2.51. The van der Waals surface area contributed by atoms with Crippen LogP contribution >= 0.6 is 11.6 Å². The lowest BCUT2D eigenvalue weighted by atomic mass is 9.89. The van der Waals surface area contributed by atoms with Crippen LogP contribution in [-0.4, -0.2) is 50.5 Å². The molecule has 7 nitrogen and oxygen atoms in total. The highest BCUT2D eigenvalue weighted by molar-refractivity contribution is 7.92. The van der Waals surface area contributed by atoms with Gasteiger partial charge in [-0.05, 0) is 60.6 Å². The van der Waals surface area contributed by atoms with E-state index in [-0.39, 0.29) is 23.1 Å². The molecule has 0 radical (unpaired) electrons. The minimum atomic E-state index is -3.72. The van der Waals surface area contributed by atoms with Crippen molar-refractivity contribution in [2.75, 3.05) is 24.1 Å². The van der Waals surface area contributed by atoms with Crippen molar-refractivity contribution in [3.05, 3.63) is 64.4 Å². The molecule has 1 aliphatic rings. The van der Waals surface area contributed by atoms with Crippen LogP contribution in [-0.2, 0) is 14.8 Å². The van der Waals surface area contributed by atoms with Crippen LogP contribution in [0.25, 0.3) is 0 Å². The molecule has 34 heavy (non-hydrogen) atoms. The molecule has 184 valence electrons. The van der Waals surface area contributed by atoms with Crippen molar-refractivity contribution in [3.63, 3.8) is 0 Å². The van der Waals surface area contributed by atoms with Gasteiger partial charge in [-0.25, -0.2) is 12.8 Å². The molecule has 0 aliphatic carbocycles. The monoisotopic (exact) mass is 509 g/mol. The van der Waals surface area contributed by atoms with E-state index in [0.29, 0.717) is 24.0 Å². The zero-order valence-corrected chi connectivity index (χ0v) is 20.9. The number of amides is 2. The maximum Gasteiger partial charge on any atom is 0.252 e. The van der Waals surface area contributed by atoms with E-state index in [4.69, 9.17) is 11.6 Å². The number of rotatable bonds is 7. The molecule has 3 rings (SSSR count). The molecule has 2 aromatic rings. The second kappa shape index (κ2) is 10.7. The molecule has 1 heterocycles. The summed E-state index contributed by atoms with van der Waals surface area (Å²) in [4.78, 5) is 27.9. The molecule has 10 heteroatoms. The van der Waals surface area contributed by atoms with Crippen molar-refractivity contribution in [1.82, 2.24) is 10.2 Å². The Balaban J connectivity index is 1.67. The summed E-state index contributed by atoms with van der Waals surface area (Å²) >= 11 is 5.97. The van der Waals surface area contributed by atoms with Crippen LogP contribution in [0, 0.1) is 11.7 Å². The number of nitrogens with one attached hydrogen (secondary N) is 2. The Bertz CT molecular complexity index is 1150. The lowest BCUT2D eigenvalue weighted by molar-refractivity contribution is -0.135. The van der Waals surface area contributed by atoms with E-state index >= 15 is 0 Å². The fourth-order valence-corrected chi connectivity index (χ4v) is 4.73. The predicted octanol–water partition coefficient (Wildman–Crippen LogP) is 4.01. The lowest BCUT2D eigenvalue weighted by Crippen LogP contribution is -2.52. The third kappa shape index (κ3) is 6.70. The van der Waals surface area contributed by atoms with Crippen LogP contribution in [0.15, 0.2) is 42.5 Å². The van der Waals surface area contributed by atoms with Gasteiger partial charge in [-0.2, -0.15) is 0 Å². The third-order valence-corrected chi connectivity index (χ3v) is 6.73. The fraction of sp³-hybridized carbons (Fsp3) is 0.417. The number of sulfonamides is 1. The number of hydrogen-bond donors (Lipinski definition) is 2. The second-order valence-electron chi connectivity index (χ2n) is 8.92. The Kier molecular flexibility index (Phi) is 8.20. The number of nitrogens with zero attached hydrogens (tertiary/aromatic N) is 1. The minimum Gasteiger partial charge on any atom is -0.341 e. The maximum atomic E-state index is 14.0.